The van der Waals surface area contributed by atoms with E-state index >= 15 is 0 Å². The van der Waals surface area contributed by atoms with Crippen LogP contribution in [0.4, 0.5) is 0 Å². The quantitative estimate of drug-likeness (QED) is 0.391. The maximum atomic E-state index is 7.16. The summed E-state index contributed by atoms with van der Waals surface area (Å²) in [7, 11) is -5.79. The molecule has 1 heterocycles. The van der Waals surface area contributed by atoms with Crippen LogP contribution in [-0.2, 0) is 4.12 Å². The molecule has 1 saturated heterocycles. The first-order chi connectivity index (χ1) is 12.4. The average Bonchev–Trinajstić information content (AvgIpc) is 3.10. The zero-order valence-corrected chi connectivity index (χ0v) is 23.2. The smallest absolute Gasteiger partial charge is 0.180 e. The van der Waals surface area contributed by atoms with Gasteiger partial charge in [-0.25, -0.2) is 0 Å². The first-order valence-electron chi connectivity index (χ1n) is 10.7. The molecule has 0 amide bonds. The third-order valence-corrected chi connectivity index (χ3v) is 18.2. The van der Waals surface area contributed by atoms with Crippen LogP contribution in [0.2, 0.25) is 39.3 Å². The molecule has 0 spiro atoms. The molecule has 0 bridgehead atoms. The fourth-order valence-electron chi connectivity index (χ4n) is 4.81. The molecule has 2 aliphatic carbocycles. The Morgan fingerprint density at radius 1 is 0.536 bits per heavy atom. The minimum absolute atomic E-state index is 0.175. The number of hydrogen-bond acceptors (Lipinski definition) is 1. The standard InChI is InChI=1S/C24H40OSi3/c1-23(2,3)17-13-19-21(15-17)27(9,10)25-28(11,12)22-16-18(24(4,5)6)14-20(22)26(19,7)8/h13-16H,1-12H3. The molecule has 0 N–H and O–H groups in total. The Labute approximate surface area is 180 Å². The van der Waals surface area contributed by atoms with Crippen molar-refractivity contribution in [2.24, 2.45) is 10.8 Å². The molecule has 10 radical (unpaired) electrons. The molecule has 0 aromatic heterocycles. The van der Waals surface area contributed by atoms with Gasteiger partial charge in [-0.1, -0.05) is 54.6 Å². The molecule has 2 saturated carbocycles. The summed E-state index contributed by atoms with van der Waals surface area (Å²) in [6.07, 6.45) is 10.1. The molecule has 1 aliphatic heterocycles. The number of rotatable bonds is 0. The highest BCUT2D eigenvalue weighted by molar-refractivity contribution is 7.00. The first-order valence-corrected chi connectivity index (χ1v) is 19.5. The van der Waals surface area contributed by atoms with Crippen LogP contribution >= 0.6 is 0 Å². The van der Waals surface area contributed by atoms with Crippen LogP contribution in [0.15, 0.2) is 0 Å². The zero-order valence-electron chi connectivity index (χ0n) is 20.2. The molecule has 4 heteroatoms. The van der Waals surface area contributed by atoms with Crippen molar-refractivity contribution in [1.29, 1.82) is 0 Å². The molecular weight excluding hydrogens is 389 g/mol. The largest absolute Gasteiger partial charge is 0.455 e. The summed E-state index contributed by atoms with van der Waals surface area (Å²) in [5, 5.41) is 0. The Morgan fingerprint density at radius 3 is 1.11 bits per heavy atom. The fourth-order valence-corrected chi connectivity index (χ4v) is 19.7. The average molecular weight is 429 g/mol. The van der Waals surface area contributed by atoms with Gasteiger partial charge in [0.25, 0.3) is 0 Å². The van der Waals surface area contributed by atoms with Gasteiger partial charge in [0.2, 0.25) is 0 Å². The van der Waals surface area contributed by atoms with E-state index in [-0.39, 0.29) is 10.8 Å². The summed E-state index contributed by atoms with van der Waals surface area (Å²) in [5.41, 5.74) is 6.75. The van der Waals surface area contributed by atoms with Crippen molar-refractivity contribution in [1.82, 2.24) is 0 Å². The number of hydrogen-bond donors (Lipinski definition) is 0. The van der Waals surface area contributed by atoms with Crippen LogP contribution in [0, 0.1) is 70.5 Å². The summed E-state index contributed by atoms with van der Waals surface area (Å²) in [6, 6.07) is 0. The van der Waals surface area contributed by atoms with Crippen molar-refractivity contribution in [3.05, 3.63) is 59.7 Å². The molecule has 0 aromatic carbocycles. The van der Waals surface area contributed by atoms with Crippen LogP contribution in [0.5, 0.6) is 0 Å². The molecule has 3 fully saturated rings. The van der Waals surface area contributed by atoms with Gasteiger partial charge in [-0.2, -0.15) is 0 Å². The van der Waals surface area contributed by atoms with E-state index < -0.39 is 24.7 Å². The Kier molecular flexibility index (Phi) is 5.66. The molecule has 1 nitrogen and oxygen atoms in total. The summed E-state index contributed by atoms with van der Waals surface area (Å²) >= 11 is 0. The highest BCUT2D eigenvalue weighted by Gasteiger charge is 2.64. The third-order valence-electron chi connectivity index (χ3n) is 6.67. The fraction of sp³-hybridized carbons (Fsp3) is 0.583. The van der Waals surface area contributed by atoms with E-state index in [0.29, 0.717) is 0 Å². The monoisotopic (exact) mass is 428 g/mol. The second-order valence-corrected chi connectivity index (χ2v) is 24.7. The first kappa shape index (κ1) is 23.3. The normalized spacial score (nSPS) is 30.9. The van der Waals surface area contributed by atoms with E-state index in [1.165, 1.54) is 11.8 Å². The van der Waals surface area contributed by atoms with Crippen LogP contribution in [0.25, 0.3) is 0 Å². The topological polar surface area (TPSA) is 9.23 Å². The summed E-state index contributed by atoms with van der Waals surface area (Å²) in [6.45, 7) is 28.9. The van der Waals surface area contributed by atoms with Gasteiger partial charge in [-0.15, -0.1) is 0 Å². The maximum Gasteiger partial charge on any atom is 0.180 e. The molecule has 0 atom stereocenters. The predicted molar refractivity (Wildman–Crippen MR) is 129 cm³/mol. The van der Waals surface area contributed by atoms with Crippen LogP contribution in [-0.4, -0.2) is 24.7 Å². The van der Waals surface area contributed by atoms with E-state index in [1.807, 2.05) is 0 Å². The van der Waals surface area contributed by atoms with Crippen LogP contribution < -0.4 is 0 Å². The second-order valence-electron chi connectivity index (χ2n) is 12.4. The van der Waals surface area contributed by atoms with E-state index in [2.05, 4.69) is 107 Å². The molecule has 28 heavy (non-hydrogen) atoms. The van der Waals surface area contributed by atoms with Gasteiger partial charge in [-0.05, 0) is 85.6 Å². The molecular formula is C24H40OSi3. The van der Waals surface area contributed by atoms with Crippen molar-refractivity contribution in [3.8, 4) is 0 Å². The zero-order chi connectivity index (χ0) is 21.5. The van der Waals surface area contributed by atoms with Gasteiger partial charge in [-0.3, -0.25) is 0 Å². The Morgan fingerprint density at radius 2 is 0.821 bits per heavy atom. The Hall–Kier alpha value is 0.611. The van der Waals surface area contributed by atoms with Crippen LogP contribution in [0.3, 0.4) is 0 Å². The minimum Gasteiger partial charge on any atom is -0.455 e. The van der Waals surface area contributed by atoms with Gasteiger partial charge >= 0.3 is 0 Å². The van der Waals surface area contributed by atoms with Gasteiger partial charge in [0.1, 0.15) is 0 Å². The molecule has 0 aromatic rings. The highest BCUT2D eigenvalue weighted by atomic mass is 28.4. The summed E-state index contributed by atoms with van der Waals surface area (Å²) < 4.78 is 7.16. The van der Waals surface area contributed by atoms with Gasteiger partial charge in [0.15, 0.2) is 16.6 Å². The Balaban J connectivity index is 2.06. The second kappa shape index (κ2) is 6.80. The van der Waals surface area contributed by atoms with E-state index in [1.54, 1.807) is 22.2 Å². The van der Waals surface area contributed by atoms with Crippen molar-refractivity contribution in [2.45, 2.75) is 80.8 Å². The van der Waals surface area contributed by atoms with Gasteiger partial charge in [0.05, 0.1) is 8.07 Å². The molecule has 0 unspecified atom stereocenters. The third kappa shape index (κ3) is 3.93. The lowest BCUT2D eigenvalue weighted by molar-refractivity contribution is 0.460. The van der Waals surface area contributed by atoms with E-state index in [9.17, 15) is 0 Å². The van der Waals surface area contributed by atoms with E-state index in [4.69, 9.17) is 4.12 Å². The van der Waals surface area contributed by atoms with Crippen molar-refractivity contribution < 1.29 is 4.12 Å². The summed E-state index contributed by atoms with van der Waals surface area (Å²) in [5.74, 6) is 2.96. The lowest BCUT2D eigenvalue weighted by Crippen LogP contribution is -2.61. The molecule has 3 rings (SSSR count). The lowest BCUT2D eigenvalue weighted by Gasteiger charge is -2.52. The van der Waals surface area contributed by atoms with Crippen molar-refractivity contribution >= 4 is 24.7 Å². The SMILES string of the molecule is CC(C)(C)[C]1[CH][C]2[C]([CH]1)[Si](C)(C)[C]1[CH][C](C(C)(C)C)[CH][C]1[Si](C)(C)O[Si]2(C)C. The highest BCUT2D eigenvalue weighted by Crippen LogP contribution is 2.63. The number of fused-ring (bicyclic) bond motifs is 2. The maximum absolute atomic E-state index is 7.16. The molecule has 154 valence electrons. The minimum atomic E-state index is -1.98. The van der Waals surface area contributed by atoms with Gasteiger partial charge < -0.3 is 4.12 Å². The van der Waals surface area contributed by atoms with Gasteiger partial charge in [0, 0.05) is 11.1 Å². The van der Waals surface area contributed by atoms with Crippen molar-refractivity contribution in [2.75, 3.05) is 0 Å². The summed E-state index contributed by atoms with van der Waals surface area (Å²) in [4.78, 5) is 0. The van der Waals surface area contributed by atoms with Crippen LogP contribution in [0.1, 0.15) is 41.5 Å². The Bertz CT molecular complexity index is 546. The van der Waals surface area contributed by atoms with E-state index in [0.717, 1.165) is 0 Å². The predicted octanol–water partition coefficient (Wildman–Crippen LogP) is 6.68. The van der Waals surface area contributed by atoms with Crippen molar-refractivity contribution in [3.63, 3.8) is 0 Å². The lowest BCUT2D eigenvalue weighted by atomic mass is 9.80. The molecule has 3 aliphatic rings.